The number of nitrogens with zero attached hydrogens (tertiary/aromatic N) is 2. The van der Waals surface area contributed by atoms with Gasteiger partial charge in [-0.2, -0.15) is 0 Å². The molecule has 36 heavy (non-hydrogen) atoms. The number of nitro groups is 1. The summed E-state index contributed by atoms with van der Waals surface area (Å²) in [4.78, 5) is 63.1. The predicted molar refractivity (Wildman–Crippen MR) is 129 cm³/mol. The van der Waals surface area contributed by atoms with Crippen molar-refractivity contribution in [3.8, 4) is 0 Å². The quantitative estimate of drug-likeness (QED) is 0.214. The van der Waals surface area contributed by atoms with Crippen molar-refractivity contribution in [3.05, 3.63) is 96.2 Å². The highest BCUT2D eigenvalue weighted by Crippen LogP contribution is 2.22. The molecule has 1 amide bonds. The minimum absolute atomic E-state index is 0.0237. The molecule has 0 atom stereocenters. The van der Waals surface area contributed by atoms with Crippen molar-refractivity contribution in [2.75, 3.05) is 31.5 Å². The Morgan fingerprint density at radius 3 is 2.42 bits per heavy atom. The van der Waals surface area contributed by atoms with Gasteiger partial charge >= 0.3 is 11.7 Å². The van der Waals surface area contributed by atoms with Crippen LogP contribution in [0.3, 0.4) is 0 Å². The number of rotatable bonds is 10. The molecule has 188 valence electrons. The first-order valence-electron chi connectivity index (χ1n) is 10.6. The zero-order valence-electron chi connectivity index (χ0n) is 19.4. The number of esters is 1. The molecule has 0 bridgehead atoms. The Labute approximate surface area is 203 Å². The largest absolute Gasteiger partial charge is 0.465 e. The highest BCUT2D eigenvalue weighted by Gasteiger charge is 2.22. The molecular formula is C23H23N5O8. The van der Waals surface area contributed by atoms with Crippen LogP contribution >= 0.6 is 0 Å². The topological polar surface area (TPSA) is 175 Å². The summed E-state index contributed by atoms with van der Waals surface area (Å²) in [7, 11) is 2.51. The second kappa shape index (κ2) is 11.6. The van der Waals surface area contributed by atoms with Crippen LogP contribution in [0.25, 0.3) is 0 Å². The van der Waals surface area contributed by atoms with E-state index in [4.69, 9.17) is 4.74 Å². The Morgan fingerprint density at radius 2 is 1.78 bits per heavy atom. The minimum Gasteiger partial charge on any atom is -0.465 e. The fraction of sp³-hybridized carbons (Fsp3) is 0.217. The van der Waals surface area contributed by atoms with Crippen LogP contribution in [0.2, 0.25) is 0 Å². The molecule has 1 aromatic heterocycles. The highest BCUT2D eigenvalue weighted by atomic mass is 16.6. The zero-order chi connectivity index (χ0) is 26.2. The minimum atomic E-state index is -0.900. The summed E-state index contributed by atoms with van der Waals surface area (Å²) in [5, 5.41) is 16.7. The normalized spacial score (nSPS) is 10.5. The van der Waals surface area contributed by atoms with Crippen LogP contribution in [0.4, 0.5) is 17.2 Å². The van der Waals surface area contributed by atoms with Crippen molar-refractivity contribution >= 4 is 29.1 Å². The molecule has 0 aliphatic heterocycles. The Morgan fingerprint density at radius 1 is 1.08 bits per heavy atom. The molecule has 3 rings (SSSR count). The molecule has 13 nitrogen and oxygen atoms in total. The highest BCUT2D eigenvalue weighted by molar-refractivity contribution is 6.07. The summed E-state index contributed by atoms with van der Waals surface area (Å²) in [5.41, 5.74) is -1.87. The molecule has 0 fully saturated rings. The maximum atomic E-state index is 13.2. The van der Waals surface area contributed by atoms with E-state index in [0.29, 0.717) is 0 Å². The number of nitro benzene ring substituents is 1. The number of methoxy groups -OCH3 is 2. The van der Waals surface area contributed by atoms with Gasteiger partial charge in [-0.15, -0.1) is 0 Å². The second-order valence-electron chi connectivity index (χ2n) is 7.44. The summed E-state index contributed by atoms with van der Waals surface area (Å²) >= 11 is 0. The number of benzene rings is 2. The number of non-ortho nitro benzene ring substituents is 1. The Bertz CT molecular complexity index is 1400. The van der Waals surface area contributed by atoms with Crippen LogP contribution in [0.15, 0.2) is 58.1 Å². The standard InChI is InChI=1S/C23H23N5O8/c1-35-9-8-27-19(18(21(30)26-23(27)32)24-13-14-6-4-3-5-7-14)25-20(29)15-10-16(22(31)36-2)12-17(11-15)28(33)34/h3-7,10-12,24H,8-9,13H2,1-2H3,(H,25,29)(H,26,30,32). The van der Waals surface area contributed by atoms with E-state index in [9.17, 15) is 29.3 Å². The summed E-state index contributed by atoms with van der Waals surface area (Å²) < 4.78 is 10.7. The lowest BCUT2D eigenvalue weighted by molar-refractivity contribution is -0.384. The third kappa shape index (κ3) is 6.01. The monoisotopic (exact) mass is 497 g/mol. The van der Waals surface area contributed by atoms with E-state index < -0.39 is 33.7 Å². The van der Waals surface area contributed by atoms with Crippen molar-refractivity contribution < 1.29 is 24.0 Å². The number of carbonyl (C=O) groups excluding carboxylic acids is 2. The number of H-pyrrole nitrogens is 1. The lowest BCUT2D eigenvalue weighted by Gasteiger charge is -2.18. The lowest BCUT2D eigenvalue weighted by atomic mass is 10.1. The van der Waals surface area contributed by atoms with Crippen LogP contribution in [-0.4, -0.2) is 47.2 Å². The lowest BCUT2D eigenvalue weighted by Crippen LogP contribution is -2.36. The number of hydrogen-bond acceptors (Lipinski definition) is 9. The van der Waals surface area contributed by atoms with Crippen LogP contribution in [0.1, 0.15) is 26.3 Å². The first-order valence-corrected chi connectivity index (χ1v) is 10.6. The van der Waals surface area contributed by atoms with Gasteiger partial charge in [0.2, 0.25) is 0 Å². The molecule has 0 unspecified atom stereocenters. The molecule has 2 aromatic carbocycles. The van der Waals surface area contributed by atoms with Crippen LogP contribution in [0, 0.1) is 10.1 Å². The molecule has 13 heteroatoms. The van der Waals surface area contributed by atoms with Crippen LogP contribution in [-0.2, 0) is 22.6 Å². The fourth-order valence-corrected chi connectivity index (χ4v) is 3.31. The predicted octanol–water partition coefficient (Wildman–Crippen LogP) is 1.74. The number of ether oxygens (including phenoxy) is 2. The Kier molecular flexibility index (Phi) is 8.30. The third-order valence-electron chi connectivity index (χ3n) is 5.07. The third-order valence-corrected chi connectivity index (χ3v) is 5.07. The summed E-state index contributed by atoms with van der Waals surface area (Å²) in [6.07, 6.45) is 0. The molecular weight excluding hydrogens is 474 g/mol. The number of nitrogens with one attached hydrogen (secondary N) is 3. The Hall–Kier alpha value is -4.78. The number of hydrogen-bond donors (Lipinski definition) is 3. The summed E-state index contributed by atoms with van der Waals surface area (Å²) in [6, 6.07) is 12.1. The maximum absolute atomic E-state index is 13.2. The van der Waals surface area contributed by atoms with Crippen molar-refractivity contribution in [1.29, 1.82) is 0 Å². The van der Waals surface area contributed by atoms with Gasteiger partial charge in [-0.3, -0.25) is 29.3 Å². The van der Waals surface area contributed by atoms with Gasteiger partial charge < -0.3 is 20.1 Å². The molecule has 1 heterocycles. The van der Waals surface area contributed by atoms with Gasteiger partial charge in [0.05, 0.1) is 30.7 Å². The molecule has 3 aromatic rings. The molecule has 3 N–H and O–H groups in total. The van der Waals surface area contributed by atoms with Gasteiger partial charge in [0.15, 0.2) is 0 Å². The van der Waals surface area contributed by atoms with E-state index in [0.717, 1.165) is 35.4 Å². The molecule has 0 spiro atoms. The molecule has 0 saturated heterocycles. The van der Waals surface area contributed by atoms with Crippen molar-refractivity contribution in [3.63, 3.8) is 0 Å². The SMILES string of the molecule is COCCn1c(NC(=O)c2cc(C(=O)OC)cc([N+](=O)[O-])c2)c(NCc2ccccc2)c(=O)[nH]c1=O. The van der Waals surface area contributed by atoms with E-state index in [1.165, 1.54) is 7.11 Å². The average Bonchev–Trinajstić information content (AvgIpc) is 2.87. The van der Waals surface area contributed by atoms with Crippen LogP contribution in [0.5, 0.6) is 0 Å². The van der Waals surface area contributed by atoms with Gasteiger partial charge in [-0.1, -0.05) is 30.3 Å². The zero-order valence-corrected chi connectivity index (χ0v) is 19.4. The number of carbonyl (C=O) groups is 2. The first kappa shape index (κ1) is 25.8. The van der Waals surface area contributed by atoms with Gasteiger partial charge in [-0.25, -0.2) is 9.59 Å². The van der Waals surface area contributed by atoms with E-state index in [-0.39, 0.29) is 42.3 Å². The number of aromatic amines is 1. The maximum Gasteiger partial charge on any atom is 0.338 e. The first-order chi connectivity index (χ1) is 17.2. The smallest absolute Gasteiger partial charge is 0.338 e. The average molecular weight is 497 g/mol. The van der Waals surface area contributed by atoms with Gasteiger partial charge in [0, 0.05) is 31.4 Å². The molecule has 0 aliphatic rings. The van der Waals surface area contributed by atoms with Gasteiger partial charge in [0.25, 0.3) is 17.2 Å². The number of aromatic nitrogens is 2. The van der Waals surface area contributed by atoms with E-state index in [1.807, 2.05) is 30.3 Å². The van der Waals surface area contributed by atoms with E-state index in [2.05, 4.69) is 20.4 Å². The van der Waals surface area contributed by atoms with Crippen molar-refractivity contribution in [1.82, 2.24) is 9.55 Å². The fourth-order valence-electron chi connectivity index (χ4n) is 3.31. The van der Waals surface area contributed by atoms with E-state index >= 15 is 0 Å². The Balaban J connectivity index is 2.07. The summed E-state index contributed by atoms with van der Waals surface area (Å²) in [6.45, 7) is 0.249. The van der Waals surface area contributed by atoms with Gasteiger partial charge in [-0.05, 0) is 11.6 Å². The second-order valence-corrected chi connectivity index (χ2v) is 7.44. The van der Waals surface area contributed by atoms with Gasteiger partial charge in [0.1, 0.15) is 11.5 Å². The molecule has 0 radical (unpaired) electrons. The molecule has 0 aliphatic carbocycles. The summed E-state index contributed by atoms with van der Waals surface area (Å²) in [5.74, 6) is -1.96. The van der Waals surface area contributed by atoms with Crippen molar-refractivity contribution in [2.45, 2.75) is 13.1 Å². The molecule has 0 saturated carbocycles. The number of anilines is 2. The van der Waals surface area contributed by atoms with Crippen molar-refractivity contribution in [2.24, 2.45) is 0 Å². The number of amides is 1. The van der Waals surface area contributed by atoms with E-state index in [1.54, 1.807) is 0 Å². The van der Waals surface area contributed by atoms with Crippen LogP contribution < -0.4 is 21.9 Å².